The molecule has 1 N–H and O–H groups in total. The molecule has 0 radical (unpaired) electrons. The van der Waals surface area contributed by atoms with Gasteiger partial charge < -0.3 is 5.11 Å². The first kappa shape index (κ1) is 10.8. The van der Waals surface area contributed by atoms with E-state index in [0.29, 0.717) is 11.7 Å². The Morgan fingerprint density at radius 3 is 2.43 bits per heavy atom. The van der Waals surface area contributed by atoms with Crippen LogP contribution in [-0.4, -0.2) is 5.11 Å². The lowest BCUT2D eigenvalue weighted by molar-refractivity contribution is 0.475. The van der Waals surface area contributed by atoms with Gasteiger partial charge in [-0.1, -0.05) is 38.1 Å². The molecule has 0 bridgehead atoms. The summed E-state index contributed by atoms with van der Waals surface area (Å²) < 4.78 is 0. The zero-order valence-electron chi connectivity index (χ0n) is 8.90. The van der Waals surface area contributed by atoms with Gasteiger partial charge >= 0.3 is 0 Å². The van der Waals surface area contributed by atoms with Gasteiger partial charge in [-0.3, -0.25) is 0 Å². The molecule has 0 fully saturated rings. The third-order valence-electron chi connectivity index (χ3n) is 2.06. The van der Waals surface area contributed by atoms with Crippen LogP contribution in [0.3, 0.4) is 0 Å². The van der Waals surface area contributed by atoms with Gasteiger partial charge in [0.1, 0.15) is 5.75 Å². The molecule has 1 aromatic carbocycles. The minimum atomic E-state index is 0.339. The predicted molar refractivity (Wildman–Crippen MR) is 60.4 cm³/mol. The maximum absolute atomic E-state index is 9.09. The number of aryl methyl sites for hydroxylation is 1. The lowest BCUT2D eigenvalue weighted by Crippen LogP contribution is -1.83. The van der Waals surface area contributed by atoms with Gasteiger partial charge in [0.2, 0.25) is 0 Å². The van der Waals surface area contributed by atoms with Gasteiger partial charge in [0.05, 0.1) is 0 Å². The van der Waals surface area contributed by atoms with E-state index in [1.165, 1.54) is 5.56 Å². The zero-order valence-corrected chi connectivity index (χ0v) is 8.90. The third kappa shape index (κ3) is 4.13. The van der Waals surface area contributed by atoms with Crippen molar-refractivity contribution in [1.82, 2.24) is 0 Å². The summed E-state index contributed by atoms with van der Waals surface area (Å²) in [5.41, 5.74) is 1.27. The Hall–Kier alpha value is -1.24. The van der Waals surface area contributed by atoms with Gasteiger partial charge in [-0.25, -0.2) is 0 Å². The minimum Gasteiger partial charge on any atom is -0.508 e. The van der Waals surface area contributed by atoms with E-state index in [2.05, 4.69) is 26.0 Å². The summed E-state index contributed by atoms with van der Waals surface area (Å²) in [4.78, 5) is 0. The van der Waals surface area contributed by atoms with E-state index in [-0.39, 0.29) is 0 Å². The van der Waals surface area contributed by atoms with Gasteiger partial charge in [0.15, 0.2) is 0 Å². The SMILES string of the molecule is CC(C)/C=C/CCc1ccc(O)cc1. The van der Waals surface area contributed by atoms with Gasteiger partial charge in [-0.15, -0.1) is 0 Å². The van der Waals surface area contributed by atoms with Crippen LogP contribution in [0.4, 0.5) is 0 Å². The van der Waals surface area contributed by atoms with Crippen LogP contribution < -0.4 is 0 Å². The van der Waals surface area contributed by atoms with Crippen molar-refractivity contribution in [2.45, 2.75) is 26.7 Å². The van der Waals surface area contributed by atoms with Gasteiger partial charge in [-0.2, -0.15) is 0 Å². The van der Waals surface area contributed by atoms with Gasteiger partial charge in [0, 0.05) is 0 Å². The highest BCUT2D eigenvalue weighted by atomic mass is 16.3. The second-order valence-electron chi connectivity index (χ2n) is 3.88. The first-order chi connectivity index (χ1) is 6.68. The first-order valence-electron chi connectivity index (χ1n) is 5.13. The van der Waals surface area contributed by atoms with E-state index in [1.54, 1.807) is 12.1 Å². The predicted octanol–water partition coefficient (Wildman–Crippen LogP) is 3.54. The highest BCUT2D eigenvalue weighted by molar-refractivity contribution is 5.26. The van der Waals surface area contributed by atoms with Crippen LogP contribution in [0.2, 0.25) is 0 Å². The van der Waals surface area contributed by atoms with E-state index in [1.807, 2.05) is 12.1 Å². The maximum Gasteiger partial charge on any atom is 0.115 e. The summed E-state index contributed by atoms with van der Waals surface area (Å²) in [6.07, 6.45) is 6.56. The quantitative estimate of drug-likeness (QED) is 0.720. The molecule has 0 aliphatic rings. The second-order valence-corrected chi connectivity index (χ2v) is 3.88. The van der Waals surface area contributed by atoms with Crippen molar-refractivity contribution in [3.05, 3.63) is 42.0 Å². The maximum atomic E-state index is 9.09. The van der Waals surface area contributed by atoms with Crippen molar-refractivity contribution < 1.29 is 5.11 Å². The fraction of sp³-hybridized carbons (Fsp3) is 0.385. The first-order valence-corrected chi connectivity index (χ1v) is 5.13. The smallest absolute Gasteiger partial charge is 0.115 e. The minimum absolute atomic E-state index is 0.339. The standard InChI is InChI=1S/C13H18O/c1-11(2)5-3-4-6-12-7-9-13(14)10-8-12/h3,5,7-11,14H,4,6H2,1-2H3/b5-3+. The molecular weight excluding hydrogens is 172 g/mol. The molecular formula is C13H18O. The molecule has 1 aromatic rings. The van der Waals surface area contributed by atoms with E-state index >= 15 is 0 Å². The van der Waals surface area contributed by atoms with Crippen LogP contribution in [-0.2, 0) is 6.42 Å². The molecule has 0 aliphatic carbocycles. The number of hydrogen-bond acceptors (Lipinski definition) is 1. The lowest BCUT2D eigenvalue weighted by atomic mass is 10.1. The summed E-state index contributed by atoms with van der Waals surface area (Å²) in [5.74, 6) is 0.973. The number of phenols is 1. The number of aromatic hydroxyl groups is 1. The largest absolute Gasteiger partial charge is 0.508 e. The molecule has 0 saturated heterocycles. The molecule has 14 heavy (non-hydrogen) atoms. The fourth-order valence-electron chi connectivity index (χ4n) is 1.28. The topological polar surface area (TPSA) is 20.2 Å². The fourth-order valence-corrected chi connectivity index (χ4v) is 1.28. The molecule has 1 heteroatoms. The Labute approximate surface area is 86.1 Å². The number of benzene rings is 1. The van der Waals surface area contributed by atoms with Crippen molar-refractivity contribution >= 4 is 0 Å². The Bertz CT molecular complexity index is 283. The second kappa shape index (κ2) is 5.48. The van der Waals surface area contributed by atoms with E-state index in [4.69, 9.17) is 5.11 Å². The van der Waals surface area contributed by atoms with Crippen LogP contribution >= 0.6 is 0 Å². The Morgan fingerprint density at radius 2 is 1.86 bits per heavy atom. The average Bonchev–Trinajstić information content (AvgIpc) is 2.15. The van der Waals surface area contributed by atoms with Crippen LogP contribution in [0.1, 0.15) is 25.8 Å². The van der Waals surface area contributed by atoms with Crippen LogP contribution in [0, 0.1) is 5.92 Å². The lowest BCUT2D eigenvalue weighted by Gasteiger charge is -1.98. The van der Waals surface area contributed by atoms with Crippen LogP contribution in [0.15, 0.2) is 36.4 Å². The van der Waals surface area contributed by atoms with Crippen LogP contribution in [0.25, 0.3) is 0 Å². The molecule has 1 nitrogen and oxygen atoms in total. The van der Waals surface area contributed by atoms with Crippen molar-refractivity contribution in [2.75, 3.05) is 0 Å². The molecule has 0 amide bonds. The van der Waals surface area contributed by atoms with E-state index in [9.17, 15) is 0 Å². The summed E-state index contributed by atoms with van der Waals surface area (Å²) >= 11 is 0. The molecule has 76 valence electrons. The van der Waals surface area contributed by atoms with Crippen molar-refractivity contribution in [1.29, 1.82) is 0 Å². The molecule has 0 saturated carbocycles. The summed E-state index contributed by atoms with van der Waals surface area (Å²) in [6, 6.07) is 7.42. The number of rotatable bonds is 4. The number of hydrogen-bond donors (Lipinski definition) is 1. The normalized spacial score (nSPS) is 11.4. The Balaban J connectivity index is 2.35. The molecule has 0 unspecified atom stereocenters. The highest BCUT2D eigenvalue weighted by Crippen LogP contribution is 2.11. The molecule has 0 heterocycles. The van der Waals surface area contributed by atoms with Gasteiger partial charge in [-0.05, 0) is 36.5 Å². The zero-order chi connectivity index (χ0) is 10.4. The van der Waals surface area contributed by atoms with E-state index < -0.39 is 0 Å². The molecule has 0 aromatic heterocycles. The molecule has 0 aliphatic heterocycles. The van der Waals surface area contributed by atoms with Crippen molar-refractivity contribution in [3.63, 3.8) is 0 Å². The van der Waals surface area contributed by atoms with Crippen molar-refractivity contribution in [2.24, 2.45) is 5.92 Å². The summed E-state index contributed by atoms with van der Waals surface area (Å²) in [6.45, 7) is 4.36. The molecule has 1 rings (SSSR count). The number of phenolic OH excluding ortho intramolecular Hbond substituents is 1. The Kier molecular flexibility index (Phi) is 4.24. The molecule has 0 atom stereocenters. The molecule has 0 spiro atoms. The monoisotopic (exact) mass is 190 g/mol. The van der Waals surface area contributed by atoms with Crippen molar-refractivity contribution in [3.8, 4) is 5.75 Å². The van der Waals surface area contributed by atoms with E-state index in [0.717, 1.165) is 12.8 Å². The summed E-state index contributed by atoms with van der Waals surface area (Å²) in [5, 5.41) is 9.09. The Morgan fingerprint density at radius 1 is 1.21 bits per heavy atom. The highest BCUT2D eigenvalue weighted by Gasteiger charge is 1.91. The third-order valence-corrected chi connectivity index (χ3v) is 2.06. The summed E-state index contributed by atoms with van der Waals surface area (Å²) in [7, 11) is 0. The van der Waals surface area contributed by atoms with Crippen LogP contribution in [0.5, 0.6) is 5.75 Å². The average molecular weight is 190 g/mol. The van der Waals surface area contributed by atoms with Gasteiger partial charge in [0.25, 0.3) is 0 Å². The number of allylic oxidation sites excluding steroid dienone is 2.